The van der Waals surface area contributed by atoms with E-state index < -0.39 is 16.8 Å². The summed E-state index contributed by atoms with van der Waals surface area (Å²) in [5.74, 6) is -0.216. The van der Waals surface area contributed by atoms with Gasteiger partial charge in [-0.15, -0.1) is 0 Å². The Labute approximate surface area is 173 Å². The number of aliphatic hydroxyl groups is 3. The predicted molar refractivity (Wildman–Crippen MR) is 97.7 cm³/mol. The van der Waals surface area contributed by atoms with Gasteiger partial charge >= 0.3 is 0 Å². The number of hydrogen-bond donors (Lipinski definition) is 3. The first-order valence-electron chi connectivity index (χ1n) is 7.92. The zero-order valence-electron chi connectivity index (χ0n) is 17.7. The first kappa shape index (κ1) is 36.1. The molecule has 7 heteroatoms. The monoisotopic (exact) mass is 441 g/mol. The summed E-state index contributed by atoms with van der Waals surface area (Å²) < 4.78 is 4.72. The molecule has 0 radical (unpaired) electrons. The summed E-state index contributed by atoms with van der Waals surface area (Å²) in [5.41, 5.74) is -1.50. The summed E-state index contributed by atoms with van der Waals surface area (Å²) in [5, 5.41) is 25.6. The summed E-state index contributed by atoms with van der Waals surface area (Å²) in [6, 6.07) is 0. The number of ketones is 1. The smallest absolute Gasteiger partial charge is 0.132 e. The van der Waals surface area contributed by atoms with Gasteiger partial charge in [-0.25, -0.2) is 0 Å². The van der Waals surface area contributed by atoms with Crippen molar-refractivity contribution in [2.45, 2.75) is 92.5 Å². The summed E-state index contributed by atoms with van der Waals surface area (Å²) in [4.78, 5) is 20.0. The number of hydrogen-bond acceptors (Lipinski definition) is 6. The minimum absolute atomic E-state index is 0. The zero-order valence-corrected chi connectivity index (χ0v) is 20.1. The Kier molecular flexibility index (Phi) is 27.2. The Balaban J connectivity index is -0.0000000733. The molecule has 0 aromatic rings. The van der Waals surface area contributed by atoms with Crippen molar-refractivity contribution in [3.8, 4) is 0 Å². The molecular weight excluding hydrogens is 403 g/mol. The van der Waals surface area contributed by atoms with Gasteiger partial charge in [0, 0.05) is 32.8 Å². The number of carbonyl (C=O) groups is 1. The van der Waals surface area contributed by atoms with Crippen LogP contribution in [0.3, 0.4) is 0 Å². The normalized spacial score (nSPS) is 10.4. The van der Waals surface area contributed by atoms with E-state index in [0.29, 0.717) is 6.61 Å². The Morgan fingerprint density at radius 1 is 0.840 bits per heavy atom. The first-order valence-corrected chi connectivity index (χ1v) is 7.92. The SMILES string of the molecule is CC(C)(C)O.CC(C)(C)O.CC(C)(C)O.CCOCC(=O)C[C-]=O.[Zr]. The maximum atomic E-state index is 10.4. The molecule has 25 heavy (non-hydrogen) atoms. The zero-order chi connectivity index (χ0) is 20.6. The molecule has 0 amide bonds. The van der Waals surface area contributed by atoms with Crippen LogP contribution < -0.4 is 0 Å². The average Bonchev–Trinajstić information content (AvgIpc) is 2.19. The molecule has 0 heterocycles. The van der Waals surface area contributed by atoms with E-state index >= 15 is 0 Å². The van der Waals surface area contributed by atoms with Crippen molar-refractivity contribution in [1.29, 1.82) is 0 Å². The van der Waals surface area contributed by atoms with Gasteiger partial charge in [-0.1, -0.05) is 6.42 Å². The van der Waals surface area contributed by atoms with E-state index in [9.17, 15) is 9.59 Å². The second-order valence-corrected chi connectivity index (χ2v) is 8.01. The van der Waals surface area contributed by atoms with Gasteiger partial charge in [0.1, 0.15) is 12.4 Å². The molecule has 0 saturated heterocycles. The van der Waals surface area contributed by atoms with Crippen LogP contribution in [0.2, 0.25) is 0 Å². The Hall–Kier alpha value is 0.0631. The Bertz CT molecular complexity index is 252. The van der Waals surface area contributed by atoms with Gasteiger partial charge in [0.05, 0.1) is 16.8 Å². The fraction of sp³-hybridized carbons (Fsp3) is 0.889. The molecule has 0 fully saturated rings. The molecule has 0 aromatic heterocycles. The molecule has 0 spiro atoms. The van der Waals surface area contributed by atoms with E-state index in [1.54, 1.807) is 69.2 Å². The van der Waals surface area contributed by atoms with Crippen LogP contribution >= 0.6 is 0 Å². The van der Waals surface area contributed by atoms with Crippen molar-refractivity contribution in [2.24, 2.45) is 0 Å². The summed E-state index contributed by atoms with van der Waals surface area (Å²) >= 11 is 0. The van der Waals surface area contributed by atoms with Crippen LogP contribution in [-0.4, -0.2) is 57.4 Å². The molecule has 0 aliphatic carbocycles. The van der Waals surface area contributed by atoms with Crippen molar-refractivity contribution >= 4 is 12.1 Å². The topological polar surface area (TPSA) is 104 Å². The summed E-state index contributed by atoms with van der Waals surface area (Å²) in [6.07, 6.45) is 1.34. The first-order chi connectivity index (χ1) is 10.3. The summed E-state index contributed by atoms with van der Waals surface area (Å²) in [7, 11) is 0. The van der Waals surface area contributed by atoms with Crippen LogP contribution in [0.4, 0.5) is 0 Å². The summed E-state index contributed by atoms with van der Waals surface area (Å²) in [6.45, 7) is 18.0. The van der Waals surface area contributed by atoms with Crippen LogP contribution in [0.25, 0.3) is 0 Å². The fourth-order valence-electron chi connectivity index (χ4n) is 0.347. The molecule has 0 aliphatic rings. The van der Waals surface area contributed by atoms with Crippen molar-refractivity contribution in [3.05, 3.63) is 0 Å². The fourth-order valence-corrected chi connectivity index (χ4v) is 0.347. The van der Waals surface area contributed by atoms with Crippen molar-refractivity contribution in [2.75, 3.05) is 13.2 Å². The van der Waals surface area contributed by atoms with Crippen LogP contribution in [0.5, 0.6) is 0 Å². The third-order valence-corrected chi connectivity index (χ3v) is 0.737. The standard InChI is InChI=1S/C6H9O3.3C4H10O.Zr/c1-2-9-5-6(8)3-4-7;3*1-4(2,3)5;/h2-3,5H2,1H3;3*5H,1-3H3;/q-1;;;;. The van der Waals surface area contributed by atoms with E-state index in [2.05, 4.69) is 0 Å². The minimum atomic E-state index is -0.500. The molecule has 0 aliphatic heterocycles. The van der Waals surface area contributed by atoms with Gasteiger partial charge in [0.2, 0.25) is 0 Å². The van der Waals surface area contributed by atoms with E-state index in [-0.39, 0.29) is 45.0 Å². The largest absolute Gasteiger partial charge is 0.541 e. The van der Waals surface area contributed by atoms with Crippen LogP contribution in [0.15, 0.2) is 0 Å². The quantitative estimate of drug-likeness (QED) is 0.446. The molecular formula is C18H39O6Zr-. The molecule has 0 saturated carbocycles. The van der Waals surface area contributed by atoms with Crippen LogP contribution in [0, 0.1) is 0 Å². The Morgan fingerprint density at radius 2 is 1.08 bits per heavy atom. The van der Waals surface area contributed by atoms with Crippen LogP contribution in [0.1, 0.15) is 75.7 Å². The molecule has 0 atom stereocenters. The molecule has 0 bridgehead atoms. The maximum absolute atomic E-state index is 10.4. The third-order valence-electron chi connectivity index (χ3n) is 0.737. The second kappa shape index (κ2) is 18.8. The second-order valence-electron chi connectivity index (χ2n) is 8.01. The van der Waals surface area contributed by atoms with E-state index in [0.717, 1.165) is 0 Å². The average molecular weight is 443 g/mol. The Morgan fingerprint density at radius 3 is 1.24 bits per heavy atom. The molecule has 6 nitrogen and oxygen atoms in total. The predicted octanol–water partition coefficient (Wildman–Crippen LogP) is 2.42. The van der Waals surface area contributed by atoms with Gasteiger partial charge < -0.3 is 24.9 Å². The van der Waals surface area contributed by atoms with Crippen LogP contribution in [-0.2, 0) is 40.5 Å². The van der Waals surface area contributed by atoms with E-state index in [1.165, 1.54) is 6.29 Å². The number of Topliss-reactive ketones (excluding diaryl/α,β-unsaturated/α-hetero) is 1. The van der Waals surface area contributed by atoms with Crippen molar-refractivity contribution < 1.29 is 55.8 Å². The van der Waals surface area contributed by atoms with Crippen molar-refractivity contribution in [1.82, 2.24) is 0 Å². The van der Waals surface area contributed by atoms with Gasteiger partial charge in [-0.3, -0.25) is 11.1 Å². The minimum Gasteiger partial charge on any atom is -0.541 e. The van der Waals surface area contributed by atoms with Crippen molar-refractivity contribution in [3.63, 3.8) is 0 Å². The number of ether oxygens (including phenoxy) is 1. The molecule has 3 N–H and O–H groups in total. The van der Waals surface area contributed by atoms with Gasteiger partial charge in [0.15, 0.2) is 0 Å². The number of rotatable bonds is 5. The molecule has 0 aromatic carbocycles. The number of carbonyl (C=O) groups excluding carboxylic acids is 2. The molecule has 152 valence electrons. The van der Waals surface area contributed by atoms with Gasteiger partial charge in [-0.2, -0.15) is 0 Å². The van der Waals surface area contributed by atoms with Gasteiger partial charge in [-0.05, 0) is 69.2 Å². The third kappa shape index (κ3) is 235. The van der Waals surface area contributed by atoms with E-state index in [1.807, 2.05) is 0 Å². The molecule has 0 unspecified atom stereocenters. The van der Waals surface area contributed by atoms with Gasteiger partial charge in [0.25, 0.3) is 0 Å². The maximum Gasteiger partial charge on any atom is 0.132 e. The molecule has 0 rings (SSSR count). The van der Waals surface area contributed by atoms with E-state index in [4.69, 9.17) is 20.1 Å².